The number of rotatable bonds is 3. The summed E-state index contributed by atoms with van der Waals surface area (Å²) in [6.07, 6.45) is 4.51. The van der Waals surface area contributed by atoms with Gasteiger partial charge in [-0.3, -0.25) is 4.79 Å². The number of nitrogens with two attached hydrogens (primary N) is 1. The fourth-order valence-corrected chi connectivity index (χ4v) is 4.58. The Balaban J connectivity index is 1.58. The monoisotopic (exact) mass is 296 g/mol. The van der Waals surface area contributed by atoms with Crippen LogP contribution in [0.3, 0.4) is 0 Å². The minimum absolute atomic E-state index is 0.0228. The highest BCUT2D eigenvalue weighted by atomic mass is 16.5. The van der Waals surface area contributed by atoms with Crippen LogP contribution in [0.15, 0.2) is 0 Å². The molecule has 3 aliphatic rings. The van der Waals surface area contributed by atoms with Gasteiger partial charge in [0.05, 0.1) is 12.2 Å². The lowest BCUT2D eigenvalue weighted by atomic mass is 9.48. The number of carbonyl (C=O) groups is 1. The molecule has 2 saturated carbocycles. The number of hydrogen-bond donors (Lipinski definition) is 3. The average Bonchev–Trinajstić information content (AvgIpc) is 2.93. The molecule has 1 aliphatic heterocycles. The van der Waals surface area contributed by atoms with Gasteiger partial charge in [-0.1, -0.05) is 13.8 Å². The molecule has 2 aliphatic carbocycles. The minimum atomic E-state index is -0.803. The number of aliphatic hydroxyl groups excluding tert-OH is 1. The zero-order valence-electron chi connectivity index (χ0n) is 13.1. The minimum Gasteiger partial charge on any atom is -0.393 e. The molecule has 5 heteroatoms. The van der Waals surface area contributed by atoms with Crippen LogP contribution in [0.4, 0.5) is 0 Å². The Morgan fingerprint density at radius 1 is 1.29 bits per heavy atom. The predicted molar refractivity (Wildman–Crippen MR) is 79.5 cm³/mol. The van der Waals surface area contributed by atoms with Crippen molar-refractivity contribution in [3.05, 3.63) is 0 Å². The second kappa shape index (κ2) is 5.21. The molecule has 3 rings (SSSR count). The van der Waals surface area contributed by atoms with Crippen molar-refractivity contribution < 1.29 is 14.6 Å². The third-order valence-corrected chi connectivity index (χ3v) is 6.20. The van der Waals surface area contributed by atoms with E-state index in [4.69, 9.17) is 10.5 Å². The molecular weight excluding hydrogens is 268 g/mol. The average molecular weight is 296 g/mol. The molecule has 0 radical (unpaired) electrons. The van der Waals surface area contributed by atoms with Crippen LogP contribution in [-0.2, 0) is 9.53 Å². The maximum atomic E-state index is 12.7. The number of nitrogens with one attached hydrogen (secondary N) is 1. The molecule has 3 unspecified atom stereocenters. The highest BCUT2D eigenvalue weighted by Gasteiger charge is 2.71. The number of ether oxygens (including phenoxy) is 1. The fourth-order valence-electron chi connectivity index (χ4n) is 4.58. The fraction of sp³-hybridized carbons (Fsp3) is 0.938. The number of carbonyl (C=O) groups excluding carboxylic acids is 1. The van der Waals surface area contributed by atoms with E-state index in [1.807, 2.05) is 13.8 Å². The Hall–Kier alpha value is -0.650. The van der Waals surface area contributed by atoms with Gasteiger partial charge in [-0.2, -0.15) is 0 Å². The van der Waals surface area contributed by atoms with Crippen LogP contribution in [0.1, 0.15) is 46.0 Å². The van der Waals surface area contributed by atoms with E-state index in [0.29, 0.717) is 19.1 Å². The quantitative estimate of drug-likeness (QED) is 0.719. The van der Waals surface area contributed by atoms with Crippen molar-refractivity contribution in [2.24, 2.45) is 23.0 Å². The van der Waals surface area contributed by atoms with Crippen molar-refractivity contribution in [1.82, 2.24) is 5.32 Å². The summed E-state index contributed by atoms with van der Waals surface area (Å²) in [7, 11) is 0. The maximum Gasteiger partial charge on any atom is 0.241 e. The molecule has 3 atom stereocenters. The molecular formula is C16H28N2O3. The van der Waals surface area contributed by atoms with E-state index in [-0.39, 0.29) is 29.4 Å². The molecule has 1 saturated heterocycles. The largest absolute Gasteiger partial charge is 0.393 e. The lowest BCUT2D eigenvalue weighted by molar-refractivity contribution is -0.175. The normalized spacial score (nSPS) is 44.8. The first kappa shape index (κ1) is 15.3. The first-order chi connectivity index (χ1) is 9.87. The molecule has 5 nitrogen and oxygen atoms in total. The molecule has 1 amide bonds. The van der Waals surface area contributed by atoms with E-state index in [0.717, 1.165) is 32.1 Å². The van der Waals surface area contributed by atoms with Gasteiger partial charge in [0.25, 0.3) is 0 Å². The van der Waals surface area contributed by atoms with E-state index >= 15 is 0 Å². The van der Waals surface area contributed by atoms with E-state index in [9.17, 15) is 9.90 Å². The third-order valence-electron chi connectivity index (χ3n) is 6.20. The van der Waals surface area contributed by atoms with Crippen LogP contribution in [0.25, 0.3) is 0 Å². The molecule has 0 aromatic rings. The molecule has 0 spiro atoms. The van der Waals surface area contributed by atoms with E-state index in [2.05, 4.69) is 5.32 Å². The van der Waals surface area contributed by atoms with E-state index in [1.54, 1.807) is 0 Å². The van der Waals surface area contributed by atoms with Crippen molar-refractivity contribution in [3.63, 3.8) is 0 Å². The summed E-state index contributed by atoms with van der Waals surface area (Å²) >= 11 is 0. The summed E-state index contributed by atoms with van der Waals surface area (Å²) in [4.78, 5) is 12.7. The number of fused-ring (bicyclic) bond motifs is 1. The Labute approximate surface area is 126 Å². The predicted octanol–water partition coefficient (Wildman–Crippen LogP) is 0.796. The second-order valence-electron chi connectivity index (χ2n) is 7.66. The summed E-state index contributed by atoms with van der Waals surface area (Å²) in [6.45, 7) is 5.47. The lowest BCUT2D eigenvalue weighted by Gasteiger charge is -2.60. The van der Waals surface area contributed by atoms with Crippen molar-refractivity contribution in [3.8, 4) is 0 Å². The van der Waals surface area contributed by atoms with Crippen LogP contribution in [-0.4, -0.2) is 41.9 Å². The van der Waals surface area contributed by atoms with Crippen LogP contribution in [0, 0.1) is 17.3 Å². The van der Waals surface area contributed by atoms with Gasteiger partial charge in [0, 0.05) is 24.5 Å². The highest BCUT2D eigenvalue weighted by molar-refractivity contribution is 5.89. The van der Waals surface area contributed by atoms with Crippen molar-refractivity contribution in [2.45, 2.75) is 63.7 Å². The van der Waals surface area contributed by atoms with Gasteiger partial charge in [0.15, 0.2) is 0 Å². The van der Waals surface area contributed by atoms with Crippen LogP contribution >= 0.6 is 0 Å². The molecule has 21 heavy (non-hydrogen) atoms. The van der Waals surface area contributed by atoms with Crippen LogP contribution in [0.2, 0.25) is 0 Å². The van der Waals surface area contributed by atoms with Crippen molar-refractivity contribution >= 4 is 5.91 Å². The van der Waals surface area contributed by atoms with Gasteiger partial charge >= 0.3 is 0 Å². The van der Waals surface area contributed by atoms with Gasteiger partial charge in [-0.15, -0.1) is 0 Å². The standard InChI is InChI=1S/C16H28N2O3/c1-15(2)13-12(7-8-21-13)16(15,17)14(20)18-9-10-3-5-11(19)6-4-10/h10-13,19H,3-9,17H2,1-2H3,(H,18,20). The Bertz CT molecular complexity index is 418. The van der Waals surface area contributed by atoms with Gasteiger partial charge in [-0.05, 0) is 38.0 Å². The summed E-state index contributed by atoms with van der Waals surface area (Å²) in [5.74, 6) is 0.603. The van der Waals surface area contributed by atoms with E-state index in [1.165, 1.54) is 0 Å². The van der Waals surface area contributed by atoms with Gasteiger partial charge < -0.3 is 20.9 Å². The molecule has 0 aromatic carbocycles. The van der Waals surface area contributed by atoms with Crippen LogP contribution in [0.5, 0.6) is 0 Å². The van der Waals surface area contributed by atoms with Crippen molar-refractivity contribution in [2.75, 3.05) is 13.2 Å². The Morgan fingerprint density at radius 3 is 2.62 bits per heavy atom. The van der Waals surface area contributed by atoms with Crippen molar-refractivity contribution in [1.29, 1.82) is 0 Å². The van der Waals surface area contributed by atoms with Gasteiger partial charge in [0.1, 0.15) is 5.54 Å². The summed E-state index contributed by atoms with van der Waals surface area (Å²) in [5, 5.41) is 12.6. The Morgan fingerprint density at radius 2 is 1.95 bits per heavy atom. The number of hydrogen-bond acceptors (Lipinski definition) is 4. The number of amides is 1. The zero-order chi connectivity index (χ0) is 15.3. The smallest absolute Gasteiger partial charge is 0.241 e. The van der Waals surface area contributed by atoms with Gasteiger partial charge in [-0.25, -0.2) is 0 Å². The SMILES string of the molecule is CC1(C)C2OCCC2C1(N)C(=O)NCC1CCC(O)CC1. The molecule has 0 aromatic heterocycles. The first-order valence-electron chi connectivity index (χ1n) is 8.24. The van der Waals surface area contributed by atoms with Crippen LogP contribution < -0.4 is 11.1 Å². The molecule has 4 N–H and O–H groups in total. The lowest BCUT2D eigenvalue weighted by Crippen LogP contribution is -2.80. The highest BCUT2D eigenvalue weighted by Crippen LogP contribution is 2.58. The zero-order valence-corrected chi connectivity index (χ0v) is 13.1. The second-order valence-corrected chi connectivity index (χ2v) is 7.66. The molecule has 1 heterocycles. The molecule has 3 fully saturated rings. The summed E-state index contributed by atoms with van der Waals surface area (Å²) in [5.41, 5.74) is 5.41. The topological polar surface area (TPSA) is 84.6 Å². The Kier molecular flexibility index (Phi) is 3.79. The maximum absolute atomic E-state index is 12.7. The van der Waals surface area contributed by atoms with Gasteiger partial charge in [0.2, 0.25) is 5.91 Å². The molecule has 0 bridgehead atoms. The molecule has 120 valence electrons. The summed E-state index contributed by atoms with van der Waals surface area (Å²) < 4.78 is 5.73. The summed E-state index contributed by atoms with van der Waals surface area (Å²) in [6, 6.07) is 0. The third kappa shape index (κ3) is 2.21. The van der Waals surface area contributed by atoms with E-state index < -0.39 is 5.54 Å². The number of aliphatic hydroxyl groups is 1. The first-order valence-corrected chi connectivity index (χ1v) is 8.24.